The molecule has 2 aromatic rings. The molecule has 0 saturated heterocycles. The molecule has 1 fully saturated rings. The van der Waals surface area contributed by atoms with Crippen LogP contribution in [0.15, 0.2) is 4.47 Å². The van der Waals surface area contributed by atoms with Gasteiger partial charge in [-0.1, -0.05) is 0 Å². The van der Waals surface area contributed by atoms with E-state index in [4.69, 9.17) is 9.47 Å². The maximum atomic E-state index is 13.3. The van der Waals surface area contributed by atoms with Gasteiger partial charge in [-0.3, -0.25) is 9.48 Å². The number of esters is 2. The van der Waals surface area contributed by atoms with Gasteiger partial charge in [0.2, 0.25) is 5.91 Å². The molecule has 1 amide bonds. The Kier molecular flexibility index (Phi) is 6.98. The first-order valence-corrected chi connectivity index (χ1v) is 11.1. The Labute approximate surface area is 193 Å². The van der Waals surface area contributed by atoms with Gasteiger partial charge in [0.15, 0.2) is 5.69 Å². The molecule has 1 aliphatic rings. The number of alkyl halides is 3. The van der Waals surface area contributed by atoms with E-state index in [-0.39, 0.29) is 38.0 Å². The molecule has 0 aliphatic heterocycles. The normalized spacial score (nSPS) is 13.7. The van der Waals surface area contributed by atoms with Crippen LogP contribution < -0.4 is 5.32 Å². The van der Waals surface area contributed by atoms with Gasteiger partial charge in [0, 0.05) is 5.92 Å². The lowest BCUT2D eigenvalue weighted by molar-refractivity contribution is -0.142. The number of nitrogens with one attached hydrogen (secondary N) is 1. The predicted molar refractivity (Wildman–Crippen MR) is 112 cm³/mol. The summed E-state index contributed by atoms with van der Waals surface area (Å²) < 4.78 is 50.4. The van der Waals surface area contributed by atoms with Crippen molar-refractivity contribution in [1.82, 2.24) is 9.78 Å². The number of hydrogen-bond donors (Lipinski definition) is 1. The fourth-order valence-electron chi connectivity index (χ4n) is 3.14. The maximum Gasteiger partial charge on any atom is 0.436 e. The highest BCUT2D eigenvalue weighted by atomic mass is 79.9. The van der Waals surface area contributed by atoms with Crippen LogP contribution in [0.2, 0.25) is 0 Å². The second kappa shape index (κ2) is 9.22. The molecule has 32 heavy (non-hydrogen) atoms. The topological polar surface area (TPSA) is 99.5 Å². The lowest BCUT2D eigenvalue weighted by atomic mass is 10.1. The summed E-state index contributed by atoms with van der Waals surface area (Å²) in [7, 11) is 1.15. The molecule has 1 N–H and O–H groups in total. The van der Waals surface area contributed by atoms with E-state index in [9.17, 15) is 27.6 Å². The Bertz CT molecular complexity index is 1080. The second-order valence-corrected chi connectivity index (χ2v) is 8.81. The summed E-state index contributed by atoms with van der Waals surface area (Å²) in [6, 6.07) is 0. The number of thiophene rings is 1. The molecule has 0 radical (unpaired) electrons. The lowest BCUT2D eigenvalue weighted by Gasteiger charge is -2.09. The number of rotatable bonds is 7. The molecule has 0 atom stereocenters. The number of anilines is 1. The van der Waals surface area contributed by atoms with Crippen molar-refractivity contribution in [3.63, 3.8) is 0 Å². The van der Waals surface area contributed by atoms with Gasteiger partial charge in [-0.15, -0.1) is 11.3 Å². The Morgan fingerprint density at radius 2 is 1.94 bits per heavy atom. The number of carbonyl (C=O) groups is 3. The van der Waals surface area contributed by atoms with Crippen LogP contribution in [0.25, 0.3) is 0 Å². The highest BCUT2D eigenvalue weighted by Gasteiger charge is 2.42. The molecule has 0 aromatic carbocycles. The maximum absolute atomic E-state index is 13.3. The van der Waals surface area contributed by atoms with Crippen molar-refractivity contribution in [3.8, 4) is 0 Å². The molecule has 174 valence electrons. The van der Waals surface area contributed by atoms with Crippen LogP contribution in [-0.2, 0) is 27.0 Å². The standard InChI is InChI=1S/C19H19BrF3N3O5S/c1-4-31-18(29)14-8(2)11(17(28)30-3)16(32-14)24-10(27)7-26-13(9-5-6-9)12(20)15(25-26)19(21,22)23/h9H,4-7H2,1-3H3,(H,24,27). The van der Waals surface area contributed by atoms with Crippen LogP contribution in [0.4, 0.5) is 18.2 Å². The van der Waals surface area contributed by atoms with E-state index in [1.807, 2.05) is 0 Å². The van der Waals surface area contributed by atoms with E-state index in [0.717, 1.165) is 23.1 Å². The molecule has 2 heterocycles. The minimum atomic E-state index is -4.68. The monoisotopic (exact) mass is 537 g/mol. The first-order chi connectivity index (χ1) is 15.0. The lowest BCUT2D eigenvalue weighted by Crippen LogP contribution is -2.22. The minimum absolute atomic E-state index is 0.0195. The summed E-state index contributed by atoms with van der Waals surface area (Å²) >= 11 is 3.80. The van der Waals surface area contributed by atoms with Gasteiger partial charge in [-0.05, 0) is 48.2 Å². The average Bonchev–Trinajstić information content (AvgIpc) is 3.40. The highest BCUT2D eigenvalue weighted by molar-refractivity contribution is 9.10. The zero-order valence-corrected chi connectivity index (χ0v) is 19.7. The van der Waals surface area contributed by atoms with Crippen molar-refractivity contribution in [2.75, 3.05) is 19.0 Å². The van der Waals surface area contributed by atoms with Crippen molar-refractivity contribution in [2.24, 2.45) is 0 Å². The van der Waals surface area contributed by atoms with Gasteiger partial charge in [0.05, 0.1) is 29.4 Å². The van der Waals surface area contributed by atoms with Gasteiger partial charge in [0.25, 0.3) is 0 Å². The van der Waals surface area contributed by atoms with E-state index in [1.54, 1.807) is 6.92 Å². The summed E-state index contributed by atoms with van der Waals surface area (Å²) in [6.45, 7) is 2.74. The van der Waals surface area contributed by atoms with Crippen molar-refractivity contribution in [1.29, 1.82) is 0 Å². The summed E-state index contributed by atoms with van der Waals surface area (Å²) in [4.78, 5) is 37.2. The molecular formula is C19H19BrF3N3O5S. The van der Waals surface area contributed by atoms with Crippen LogP contribution >= 0.6 is 27.3 Å². The van der Waals surface area contributed by atoms with Crippen molar-refractivity contribution >= 4 is 50.1 Å². The second-order valence-electron chi connectivity index (χ2n) is 7.00. The van der Waals surface area contributed by atoms with Gasteiger partial charge in [-0.2, -0.15) is 18.3 Å². The number of ether oxygens (including phenoxy) is 2. The van der Waals surface area contributed by atoms with Crippen LogP contribution in [0, 0.1) is 6.92 Å². The molecule has 1 saturated carbocycles. The Morgan fingerprint density at radius 3 is 2.47 bits per heavy atom. The van der Waals surface area contributed by atoms with Crippen molar-refractivity contribution in [3.05, 3.63) is 31.9 Å². The van der Waals surface area contributed by atoms with Crippen LogP contribution in [0.3, 0.4) is 0 Å². The number of hydrogen-bond acceptors (Lipinski definition) is 7. The van der Waals surface area contributed by atoms with Gasteiger partial charge in [-0.25, -0.2) is 9.59 Å². The van der Waals surface area contributed by atoms with Gasteiger partial charge in [0.1, 0.15) is 16.4 Å². The number of halogens is 4. The fraction of sp³-hybridized carbons (Fsp3) is 0.474. The minimum Gasteiger partial charge on any atom is -0.465 e. The molecule has 0 bridgehead atoms. The molecule has 3 rings (SSSR count). The van der Waals surface area contributed by atoms with Crippen LogP contribution in [0.5, 0.6) is 0 Å². The third-order valence-electron chi connectivity index (χ3n) is 4.71. The molecule has 2 aromatic heterocycles. The molecule has 0 unspecified atom stereocenters. The van der Waals surface area contributed by atoms with E-state index in [2.05, 4.69) is 26.3 Å². The average molecular weight is 538 g/mol. The number of carbonyl (C=O) groups excluding carboxylic acids is 3. The van der Waals surface area contributed by atoms with Crippen LogP contribution in [-0.4, -0.2) is 41.3 Å². The molecule has 1 aliphatic carbocycles. The first-order valence-electron chi connectivity index (χ1n) is 9.51. The summed E-state index contributed by atoms with van der Waals surface area (Å²) in [5.41, 5.74) is -0.543. The zero-order valence-electron chi connectivity index (χ0n) is 17.3. The smallest absolute Gasteiger partial charge is 0.436 e. The summed E-state index contributed by atoms with van der Waals surface area (Å²) in [5, 5.41) is 6.13. The Balaban J connectivity index is 1.91. The van der Waals surface area contributed by atoms with E-state index >= 15 is 0 Å². The molecular weight excluding hydrogens is 519 g/mol. The van der Waals surface area contributed by atoms with Gasteiger partial charge < -0.3 is 14.8 Å². The fourth-order valence-corrected chi connectivity index (χ4v) is 5.08. The SMILES string of the molecule is CCOC(=O)c1sc(NC(=O)Cn2nc(C(F)(F)F)c(Br)c2C2CC2)c(C(=O)OC)c1C. The quantitative estimate of drug-likeness (QED) is 0.521. The van der Waals surface area contributed by atoms with E-state index in [1.165, 1.54) is 6.92 Å². The van der Waals surface area contributed by atoms with Gasteiger partial charge >= 0.3 is 18.1 Å². The predicted octanol–water partition coefficient (Wildman–Crippen LogP) is 4.51. The summed E-state index contributed by atoms with van der Waals surface area (Å²) in [6.07, 6.45) is -3.28. The number of methoxy groups -OCH3 is 1. The number of aromatic nitrogens is 2. The van der Waals surface area contributed by atoms with E-state index in [0.29, 0.717) is 18.5 Å². The molecule has 13 heteroatoms. The first kappa shape index (κ1) is 24.2. The third kappa shape index (κ3) is 4.82. The van der Waals surface area contributed by atoms with E-state index < -0.39 is 36.3 Å². The Hall–Kier alpha value is -2.41. The largest absolute Gasteiger partial charge is 0.465 e. The molecule has 0 spiro atoms. The van der Waals surface area contributed by atoms with Crippen molar-refractivity contribution in [2.45, 2.75) is 45.3 Å². The summed E-state index contributed by atoms with van der Waals surface area (Å²) in [5.74, 6) is -2.27. The molecule has 8 nitrogen and oxygen atoms in total. The van der Waals surface area contributed by atoms with Crippen molar-refractivity contribution < 1.29 is 37.0 Å². The number of nitrogens with zero attached hydrogens (tertiary/aromatic N) is 2. The third-order valence-corrected chi connectivity index (χ3v) is 6.68. The zero-order chi connectivity index (χ0) is 23.8. The van der Waals surface area contributed by atoms with Crippen LogP contribution in [0.1, 0.15) is 62.7 Å². The Morgan fingerprint density at radius 1 is 1.28 bits per heavy atom. The highest BCUT2D eigenvalue weighted by Crippen LogP contribution is 2.47. The number of amides is 1.